The third kappa shape index (κ3) is 5.87. The van der Waals surface area contributed by atoms with E-state index in [2.05, 4.69) is 10.6 Å². The van der Waals surface area contributed by atoms with Gasteiger partial charge in [0.1, 0.15) is 6.61 Å². The second-order valence-corrected chi connectivity index (χ2v) is 8.20. The number of fused-ring (bicyclic) bond motifs is 1. The first-order valence-corrected chi connectivity index (χ1v) is 11.2. The number of hydrogen-bond donors (Lipinski definition) is 2. The summed E-state index contributed by atoms with van der Waals surface area (Å²) in [5.74, 6) is 0.289. The first-order chi connectivity index (χ1) is 16.5. The molecule has 0 aliphatic carbocycles. The van der Waals surface area contributed by atoms with Crippen LogP contribution in [0.3, 0.4) is 0 Å². The van der Waals surface area contributed by atoms with Crippen LogP contribution in [0.25, 0.3) is 6.08 Å². The van der Waals surface area contributed by atoms with E-state index in [1.165, 1.54) is 0 Å². The monoisotopic (exact) mass is 483 g/mol. The van der Waals surface area contributed by atoms with Crippen LogP contribution >= 0.6 is 11.8 Å². The lowest BCUT2D eigenvalue weighted by atomic mass is 10.2. The van der Waals surface area contributed by atoms with Gasteiger partial charge in [-0.1, -0.05) is 36.4 Å². The Morgan fingerprint density at radius 2 is 1.85 bits per heavy atom. The lowest BCUT2D eigenvalue weighted by Crippen LogP contribution is -2.41. The minimum Gasteiger partial charge on any atom is -0.454 e. The smallest absolute Gasteiger partial charge is 0.407 e. The predicted molar refractivity (Wildman–Crippen MR) is 123 cm³/mol. The molecule has 0 bridgehead atoms. The lowest BCUT2D eigenvalue weighted by molar-refractivity contribution is -0.124. The number of benzene rings is 2. The average Bonchev–Trinajstić information content (AvgIpc) is 3.41. The Kier molecular flexibility index (Phi) is 7.33. The SMILES string of the molecule is O=C(CNC(=O)OCc1ccccc1)NCCN1C(=O)S/C(=C/c2ccc3c(c2)OCO3)C1=O. The zero-order valence-electron chi connectivity index (χ0n) is 17.9. The average molecular weight is 484 g/mol. The highest BCUT2D eigenvalue weighted by Crippen LogP contribution is 2.36. The fraction of sp³-hybridized carbons (Fsp3) is 0.217. The standard InChI is InChI=1S/C23H21N3O7S/c27-20(12-25-22(29)31-13-15-4-2-1-3-5-15)24-8-9-26-21(28)19(34-23(26)30)11-16-6-7-17-18(10-16)33-14-32-17/h1-7,10-11H,8-9,12-14H2,(H,24,27)(H,25,29)/b19-11+. The van der Waals surface area contributed by atoms with E-state index in [0.29, 0.717) is 17.1 Å². The molecule has 176 valence electrons. The Morgan fingerprint density at radius 1 is 1.06 bits per heavy atom. The van der Waals surface area contributed by atoms with Crippen LogP contribution in [0.5, 0.6) is 11.5 Å². The van der Waals surface area contributed by atoms with Crippen molar-refractivity contribution in [3.05, 3.63) is 64.6 Å². The number of rotatable bonds is 8. The zero-order valence-corrected chi connectivity index (χ0v) is 18.8. The van der Waals surface area contributed by atoms with Gasteiger partial charge in [-0.25, -0.2) is 4.79 Å². The van der Waals surface area contributed by atoms with E-state index < -0.39 is 23.1 Å². The molecule has 2 aliphatic heterocycles. The number of amides is 4. The maximum atomic E-state index is 12.6. The molecule has 0 saturated carbocycles. The van der Waals surface area contributed by atoms with Gasteiger partial charge in [0, 0.05) is 13.1 Å². The van der Waals surface area contributed by atoms with Gasteiger partial charge in [-0.3, -0.25) is 19.3 Å². The molecule has 1 saturated heterocycles. The van der Waals surface area contributed by atoms with Gasteiger partial charge in [-0.15, -0.1) is 0 Å². The molecule has 0 spiro atoms. The summed E-state index contributed by atoms with van der Waals surface area (Å²) < 4.78 is 15.6. The van der Waals surface area contributed by atoms with Gasteiger partial charge >= 0.3 is 6.09 Å². The zero-order chi connectivity index (χ0) is 23.9. The van der Waals surface area contributed by atoms with Crippen LogP contribution in [0, 0.1) is 0 Å². The number of hydrogen-bond acceptors (Lipinski definition) is 8. The van der Waals surface area contributed by atoms with Crippen LogP contribution in [0.15, 0.2) is 53.4 Å². The van der Waals surface area contributed by atoms with Gasteiger partial charge in [-0.05, 0) is 41.1 Å². The molecule has 4 amide bonds. The number of imide groups is 1. The maximum Gasteiger partial charge on any atom is 0.407 e. The van der Waals surface area contributed by atoms with E-state index in [1.54, 1.807) is 24.3 Å². The predicted octanol–water partition coefficient (Wildman–Crippen LogP) is 2.49. The Hall–Kier alpha value is -3.99. The van der Waals surface area contributed by atoms with Crippen molar-refractivity contribution in [3.63, 3.8) is 0 Å². The van der Waals surface area contributed by atoms with Gasteiger partial charge in [0.05, 0.1) is 11.4 Å². The fourth-order valence-corrected chi connectivity index (χ4v) is 4.01. The van der Waals surface area contributed by atoms with Gasteiger partial charge < -0.3 is 24.8 Å². The first kappa shape index (κ1) is 23.2. The van der Waals surface area contributed by atoms with Crippen molar-refractivity contribution in [2.24, 2.45) is 0 Å². The molecular formula is C23H21N3O7S. The molecule has 11 heteroatoms. The maximum absolute atomic E-state index is 12.6. The second kappa shape index (κ2) is 10.8. The van der Waals surface area contributed by atoms with Gasteiger partial charge in [0.15, 0.2) is 11.5 Å². The van der Waals surface area contributed by atoms with Crippen molar-refractivity contribution in [1.82, 2.24) is 15.5 Å². The topological polar surface area (TPSA) is 123 Å². The molecule has 2 aromatic rings. The van der Waals surface area contributed by atoms with E-state index in [9.17, 15) is 19.2 Å². The van der Waals surface area contributed by atoms with Crippen LogP contribution < -0.4 is 20.1 Å². The summed E-state index contributed by atoms with van der Waals surface area (Å²) in [4.78, 5) is 49.8. The number of thioether (sulfide) groups is 1. The Labute approximate surface area is 199 Å². The van der Waals surface area contributed by atoms with Crippen LogP contribution in [0.4, 0.5) is 9.59 Å². The van der Waals surface area contributed by atoms with E-state index >= 15 is 0 Å². The summed E-state index contributed by atoms with van der Waals surface area (Å²) in [6.07, 6.45) is 0.884. The van der Waals surface area contributed by atoms with Crippen molar-refractivity contribution < 1.29 is 33.4 Å². The summed E-state index contributed by atoms with van der Waals surface area (Å²) in [6.45, 7) is 0.000455. The van der Waals surface area contributed by atoms with E-state index in [1.807, 2.05) is 30.3 Å². The molecule has 2 aromatic carbocycles. The van der Waals surface area contributed by atoms with Crippen LogP contribution in [-0.2, 0) is 20.9 Å². The van der Waals surface area contributed by atoms with Crippen molar-refractivity contribution in [1.29, 1.82) is 0 Å². The van der Waals surface area contributed by atoms with Crippen LogP contribution in [0.1, 0.15) is 11.1 Å². The highest BCUT2D eigenvalue weighted by Gasteiger charge is 2.34. The molecule has 1 fully saturated rings. The second-order valence-electron chi connectivity index (χ2n) is 7.21. The molecule has 2 N–H and O–H groups in total. The minimum absolute atomic E-state index is 0.00728. The fourth-order valence-electron chi connectivity index (χ4n) is 3.14. The van der Waals surface area contributed by atoms with E-state index in [-0.39, 0.29) is 37.9 Å². The third-order valence-corrected chi connectivity index (χ3v) is 5.74. The van der Waals surface area contributed by atoms with Gasteiger partial charge in [0.2, 0.25) is 12.7 Å². The Balaban J connectivity index is 1.19. The summed E-state index contributed by atoms with van der Waals surface area (Å²) in [5.41, 5.74) is 1.53. The highest BCUT2D eigenvalue weighted by atomic mass is 32.2. The molecule has 0 atom stereocenters. The summed E-state index contributed by atoms with van der Waals surface area (Å²) in [5, 5.41) is 4.48. The number of alkyl carbamates (subject to hydrolysis) is 1. The molecule has 0 aromatic heterocycles. The Morgan fingerprint density at radius 3 is 2.68 bits per heavy atom. The largest absolute Gasteiger partial charge is 0.454 e. The quantitative estimate of drug-likeness (QED) is 0.549. The number of nitrogens with zero attached hydrogens (tertiary/aromatic N) is 1. The number of carbonyl (C=O) groups is 4. The minimum atomic E-state index is -0.724. The summed E-state index contributed by atoms with van der Waals surface area (Å²) in [7, 11) is 0. The third-order valence-electron chi connectivity index (χ3n) is 4.83. The highest BCUT2D eigenvalue weighted by molar-refractivity contribution is 8.18. The molecule has 34 heavy (non-hydrogen) atoms. The molecule has 2 heterocycles. The summed E-state index contributed by atoms with van der Waals surface area (Å²) in [6, 6.07) is 14.4. The molecular weight excluding hydrogens is 462 g/mol. The molecule has 0 radical (unpaired) electrons. The lowest BCUT2D eigenvalue weighted by Gasteiger charge is -2.13. The summed E-state index contributed by atoms with van der Waals surface area (Å²) >= 11 is 0.827. The molecule has 0 unspecified atom stereocenters. The van der Waals surface area contributed by atoms with Crippen molar-refractivity contribution >= 4 is 41.0 Å². The molecule has 4 rings (SSSR count). The van der Waals surface area contributed by atoms with Gasteiger partial charge in [-0.2, -0.15) is 0 Å². The Bertz CT molecular complexity index is 1140. The van der Waals surface area contributed by atoms with Crippen LogP contribution in [0.2, 0.25) is 0 Å². The van der Waals surface area contributed by atoms with Gasteiger partial charge in [0.25, 0.3) is 11.1 Å². The molecule has 2 aliphatic rings. The van der Waals surface area contributed by atoms with Crippen molar-refractivity contribution in [2.45, 2.75) is 6.61 Å². The number of ether oxygens (including phenoxy) is 3. The number of carbonyl (C=O) groups excluding carboxylic acids is 4. The van der Waals surface area contributed by atoms with Crippen molar-refractivity contribution in [3.8, 4) is 11.5 Å². The first-order valence-electron chi connectivity index (χ1n) is 10.4. The number of nitrogens with one attached hydrogen (secondary N) is 2. The van der Waals surface area contributed by atoms with Crippen molar-refractivity contribution in [2.75, 3.05) is 26.4 Å². The van der Waals surface area contributed by atoms with Crippen LogP contribution in [-0.4, -0.2) is 54.5 Å². The molecule has 10 nitrogen and oxygen atoms in total. The van der Waals surface area contributed by atoms with E-state index in [0.717, 1.165) is 22.2 Å². The van der Waals surface area contributed by atoms with E-state index in [4.69, 9.17) is 14.2 Å². The normalized spacial score (nSPS) is 15.5.